The highest BCUT2D eigenvalue weighted by molar-refractivity contribution is 7.80. The minimum Gasteiger partial charge on any atom is -0.493 e. The van der Waals surface area contributed by atoms with Gasteiger partial charge in [0.1, 0.15) is 5.75 Å². The van der Waals surface area contributed by atoms with Crippen LogP contribution in [-0.4, -0.2) is 17.9 Å². The maximum atomic E-state index is 5.73. The minimum atomic E-state index is 0.431. The van der Waals surface area contributed by atoms with Gasteiger partial charge >= 0.3 is 0 Å². The van der Waals surface area contributed by atoms with E-state index in [0.717, 1.165) is 27.8 Å². The van der Waals surface area contributed by atoms with Crippen LogP contribution in [0.25, 0.3) is 10.8 Å². The van der Waals surface area contributed by atoms with Crippen molar-refractivity contribution in [2.45, 2.75) is 6.92 Å². The van der Waals surface area contributed by atoms with E-state index in [1.807, 2.05) is 61.5 Å². The van der Waals surface area contributed by atoms with Crippen LogP contribution in [0.15, 0.2) is 71.8 Å². The molecule has 2 N–H and O–H groups in total. The van der Waals surface area contributed by atoms with E-state index in [9.17, 15) is 0 Å². The molecule has 0 saturated carbocycles. The molecule has 0 unspecified atom stereocenters. The van der Waals surface area contributed by atoms with Crippen LogP contribution in [0.2, 0.25) is 0 Å². The van der Waals surface area contributed by atoms with Crippen molar-refractivity contribution in [1.82, 2.24) is 5.43 Å². The Hall–Kier alpha value is -2.92. The number of hydrazone groups is 1. The number of anilines is 1. The highest BCUT2D eigenvalue weighted by atomic mass is 32.1. The van der Waals surface area contributed by atoms with Gasteiger partial charge in [0.05, 0.1) is 12.8 Å². The predicted octanol–water partition coefficient (Wildman–Crippen LogP) is 4.56. The number of rotatable bonds is 5. The Balaban J connectivity index is 1.78. The summed E-state index contributed by atoms with van der Waals surface area (Å²) in [6, 6.07) is 21.9. The fraction of sp³-hybridized carbons (Fsp3) is 0.100. The molecule has 0 heterocycles. The summed E-state index contributed by atoms with van der Waals surface area (Å²) in [5, 5.41) is 10.0. The first kappa shape index (κ1) is 16.9. The molecule has 3 aromatic carbocycles. The Bertz CT molecular complexity index is 894. The van der Waals surface area contributed by atoms with Crippen LogP contribution in [0.1, 0.15) is 12.5 Å². The highest BCUT2D eigenvalue weighted by Gasteiger charge is 2.06. The molecule has 3 aromatic rings. The number of hydrogen-bond acceptors (Lipinski definition) is 3. The van der Waals surface area contributed by atoms with Crippen molar-refractivity contribution in [3.05, 3.63) is 72.3 Å². The van der Waals surface area contributed by atoms with E-state index in [1.54, 1.807) is 6.21 Å². The van der Waals surface area contributed by atoms with Crippen molar-refractivity contribution >= 4 is 40.0 Å². The van der Waals surface area contributed by atoms with E-state index in [1.165, 1.54) is 0 Å². The van der Waals surface area contributed by atoms with Gasteiger partial charge in [0.15, 0.2) is 5.11 Å². The third-order valence-corrected chi connectivity index (χ3v) is 3.82. The largest absolute Gasteiger partial charge is 0.493 e. The quantitative estimate of drug-likeness (QED) is 0.403. The van der Waals surface area contributed by atoms with Crippen LogP contribution >= 0.6 is 12.2 Å². The van der Waals surface area contributed by atoms with E-state index in [-0.39, 0.29) is 0 Å². The lowest BCUT2D eigenvalue weighted by molar-refractivity contribution is 0.340. The molecule has 25 heavy (non-hydrogen) atoms. The van der Waals surface area contributed by atoms with Gasteiger partial charge in [-0.25, -0.2) is 0 Å². The van der Waals surface area contributed by atoms with Crippen LogP contribution in [0.5, 0.6) is 5.75 Å². The second-order valence-electron chi connectivity index (χ2n) is 5.32. The van der Waals surface area contributed by atoms with Gasteiger partial charge in [-0.2, -0.15) is 5.10 Å². The summed E-state index contributed by atoms with van der Waals surface area (Å²) in [7, 11) is 0. The molecule has 0 fully saturated rings. The van der Waals surface area contributed by atoms with Crippen molar-refractivity contribution in [2.75, 3.05) is 11.9 Å². The average molecular weight is 349 g/mol. The van der Waals surface area contributed by atoms with Crippen LogP contribution in [0.4, 0.5) is 5.69 Å². The standard InChI is InChI=1S/C20H19N3OS/c1-2-24-19-13-12-15-8-6-7-11-17(15)18(19)14-21-23-20(25)22-16-9-4-3-5-10-16/h3-14H,2H2,1H3,(H2,22,23,25). The Labute approximate surface area is 152 Å². The maximum absolute atomic E-state index is 5.73. The van der Waals surface area contributed by atoms with E-state index in [4.69, 9.17) is 17.0 Å². The summed E-state index contributed by atoms with van der Waals surface area (Å²) in [5.74, 6) is 0.800. The van der Waals surface area contributed by atoms with Gasteiger partial charge in [-0.05, 0) is 48.1 Å². The molecule has 4 nitrogen and oxygen atoms in total. The van der Waals surface area contributed by atoms with Gasteiger partial charge in [0, 0.05) is 11.3 Å². The normalized spacial score (nSPS) is 10.8. The molecule has 0 saturated heterocycles. The lowest BCUT2D eigenvalue weighted by Gasteiger charge is -2.10. The summed E-state index contributed by atoms with van der Waals surface area (Å²) < 4.78 is 5.73. The van der Waals surface area contributed by atoms with Crippen molar-refractivity contribution in [3.8, 4) is 5.75 Å². The van der Waals surface area contributed by atoms with Crippen LogP contribution in [0, 0.1) is 0 Å². The number of para-hydroxylation sites is 1. The van der Waals surface area contributed by atoms with Crippen molar-refractivity contribution < 1.29 is 4.74 Å². The zero-order chi connectivity index (χ0) is 17.5. The topological polar surface area (TPSA) is 45.6 Å². The van der Waals surface area contributed by atoms with E-state index < -0.39 is 0 Å². The zero-order valence-corrected chi connectivity index (χ0v) is 14.7. The monoisotopic (exact) mass is 349 g/mol. The van der Waals surface area contributed by atoms with Gasteiger partial charge in [-0.15, -0.1) is 0 Å². The van der Waals surface area contributed by atoms with Crippen molar-refractivity contribution in [2.24, 2.45) is 5.10 Å². The van der Waals surface area contributed by atoms with E-state index in [2.05, 4.69) is 28.0 Å². The molecule has 3 rings (SSSR count). The smallest absolute Gasteiger partial charge is 0.191 e. The van der Waals surface area contributed by atoms with Gasteiger partial charge in [0.2, 0.25) is 0 Å². The predicted molar refractivity (Wildman–Crippen MR) is 109 cm³/mol. The number of fused-ring (bicyclic) bond motifs is 1. The number of hydrogen-bond donors (Lipinski definition) is 2. The fourth-order valence-electron chi connectivity index (χ4n) is 2.53. The fourth-order valence-corrected chi connectivity index (χ4v) is 2.70. The molecule has 0 spiro atoms. The van der Waals surface area contributed by atoms with Crippen LogP contribution < -0.4 is 15.5 Å². The van der Waals surface area contributed by atoms with Crippen molar-refractivity contribution in [3.63, 3.8) is 0 Å². The molecule has 0 aliphatic heterocycles. The molecule has 0 radical (unpaired) electrons. The zero-order valence-electron chi connectivity index (χ0n) is 13.9. The molecule has 0 aromatic heterocycles. The Morgan fingerprint density at radius 2 is 1.80 bits per heavy atom. The molecule has 0 aliphatic rings. The van der Waals surface area contributed by atoms with E-state index in [0.29, 0.717) is 11.7 Å². The summed E-state index contributed by atoms with van der Waals surface area (Å²) >= 11 is 5.26. The third-order valence-electron chi connectivity index (χ3n) is 3.62. The summed E-state index contributed by atoms with van der Waals surface area (Å²) in [6.07, 6.45) is 1.74. The van der Waals surface area contributed by atoms with Gasteiger partial charge < -0.3 is 10.1 Å². The van der Waals surface area contributed by atoms with Crippen LogP contribution in [0.3, 0.4) is 0 Å². The molecule has 0 amide bonds. The molecule has 0 bridgehead atoms. The summed E-state index contributed by atoms with van der Waals surface area (Å²) in [6.45, 7) is 2.56. The number of nitrogens with one attached hydrogen (secondary N) is 2. The number of nitrogens with zero attached hydrogens (tertiary/aromatic N) is 1. The molecule has 0 aliphatic carbocycles. The lowest BCUT2D eigenvalue weighted by atomic mass is 10.0. The number of benzene rings is 3. The first-order chi connectivity index (χ1) is 12.3. The van der Waals surface area contributed by atoms with Gasteiger partial charge in [-0.1, -0.05) is 48.5 Å². The lowest BCUT2D eigenvalue weighted by Crippen LogP contribution is -2.23. The second-order valence-corrected chi connectivity index (χ2v) is 5.73. The minimum absolute atomic E-state index is 0.431. The maximum Gasteiger partial charge on any atom is 0.191 e. The molecule has 0 atom stereocenters. The highest BCUT2D eigenvalue weighted by Crippen LogP contribution is 2.26. The SMILES string of the molecule is CCOc1ccc2ccccc2c1C=NNC(=S)Nc1ccccc1. The average Bonchev–Trinajstić information content (AvgIpc) is 2.64. The number of ether oxygens (including phenoxy) is 1. The third kappa shape index (κ3) is 4.33. The Kier molecular flexibility index (Phi) is 5.59. The summed E-state index contributed by atoms with van der Waals surface area (Å²) in [5.41, 5.74) is 4.69. The van der Waals surface area contributed by atoms with Crippen molar-refractivity contribution in [1.29, 1.82) is 0 Å². The first-order valence-corrected chi connectivity index (χ1v) is 8.48. The molecular formula is C20H19N3OS. The first-order valence-electron chi connectivity index (χ1n) is 8.07. The van der Waals surface area contributed by atoms with Gasteiger partial charge in [0.25, 0.3) is 0 Å². The van der Waals surface area contributed by atoms with Crippen LogP contribution in [-0.2, 0) is 0 Å². The molecule has 126 valence electrons. The molecule has 5 heteroatoms. The second kappa shape index (κ2) is 8.26. The number of thiocarbonyl (C=S) groups is 1. The Morgan fingerprint density at radius 1 is 1.04 bits per heavy atom. The Morgan fingerprint density at radius 3 is 2.60 bits per heavy atom. The summed E-state index contributed by atoms with van der Waals surface area (Å²) in [4.78, 5) is 0. The molecular weight excluding hydrogens is 330 g/mol. The van der Waals surface area contributed by atoms with E-state index >= 15 is 0 Å². The van der Waals surface area contributed by atoms with Gasteiger partial charge in [-0.3, -0.25) is 5.43 Å².